The van der Waals surface area contributed by atoms with Gasteiger partial charge in [0.2, 0.25) is 0 Å². The van der Waals surface area contributed by atoms with Crippen molar-refractivity contribution in [3.8, 4) is 0 Å². The Bertz CT molecular complexity index is 599. The Labute approximate surface area is 101 Å². The zero-order valence-electron chi connectivity index (χ0n) is 9.08. The summed E-state index contributed by atoms with van der Waals surface area (Å²) < 4.78 is 39.5. The lowest BCUT2D eigenvalue weighted by atomic mass is 10.2. The van der Waals surface area contributed by atoms with Crippen LogP contribution in [-0.2, 0) is 0 Å². The largest absolute Gasteiger partial charge is 0.319 e. The van der Waals surface area contributed by atoms with E-state index < -0.39 is 23.4 Å². The molecule has 0 unspecified atom stereocenters. The van der Waals surface area contributed by atoms with E-state index in [9.17, 15) is 18.0 Å². The standard InChI is InChI=1S/C13H8F3NO/c14-8-5-6-11(16)12(7-8)17-13(18)9-3-1-2-4-10(9)15/h1-7H,(H,17,18). The summed E-state index contributed by atoms with van der Waals surface area (Å²) in [4.78, 5) is 11.7. The van der Waals surface area contributed by atoms with Gasteiger partial charge >= 0.3 is 0 Å². The quantitative estimate of drug-likeness (QED) is 0.871. The minimum absolute atomic E-state index is 0.235. The lowest BCUT2D eigenvalue weighted by molar-refractivity contribution is 0.102. The van der Waals surface area contributed by atoms with Gasteiger partial charge < -0.3 is 5.32 Å². The van der Waals surface area contributed by atoms with E-state index in [-0.39, 0.29) is 11.3 Å². The molecule has 0 heterocycles. The first kappa shape index (κ1) is 12.2. The molecule has 0 saturated carbocycles. The number of benzene rings is 2. The van der Waals surface area contributed by atoms with Crippen LogP contribution in [0.25, 0.3) is 0 Å². The molecule has 0 aliphatic rings. The lowest BCUT2D eigenvalue weighted by Gasteiger charge is -2.07. The summed E-state index contributed by atoms with van der Waals surface area (Å²) in [5, 5.41) is 2.11. The van der Waals surface area contributed by atoms with Gasteiger partial charge in [0, 0.05) is 6.07 Å². The second kappa shape index (κ2) is 4.91. The van der Waals surface area contributed by atoms with Gasteiger partial charge in [0.25, 0.3) is 5.91 Å². The first-order valence-electron chi connectivity index (χ1n) is 5.09. The highest BCUT2D eigenvalue weighted by Gasteiger charge is 2.13. The molecule has 1 N–H and O–H groups in total. The first-order chi connectivity index (χ1) is 8.58. The summed E-state index contributed by atoms with van der Waals surface area (Å²) in [6, 6.07) is 7.89. The molecule has 0 atom stereocenters. The van der Waals surface area contributed by atoms with E-state index in [1.54, 1.807) is 0 Å². The van der Waals surface area contributed by atoms with E-state index >= 15 is 0 Å². The molecule has 0 spiro atoms. The van der Waals surface area contributed by atoms with Gasteiger partial charge in [-0.05, 0) is 24.3 Å². The fourth-order valence-electron chi connectivity index (χ4n) is 1.43. The molecule has 5 heteroatoms. The van der Waals surface area contributed by atoms with Gasteiger partial charge in [-0.1, -0.05) is 12.1 Å². The van der Waals surface area contributed by atoms with Crippen LogP contribution in [-0.4, -0.2) is 5.91 Å². The second-order valence-corrected chi connectivity index (χ2v) is 3.56. The molecule has 0 aliphatic heterocycles. The van der Waals surface area contributed by atoms with Crippen molar-refractivity contribution in [2.75, 3.05) is 5.32 Å². The van der Waals surface area contributed by atoms with Crippen molar-refractivity contribution >= 4 is 11.6 Å². The molecule has 2 aromatic rings. The number of carbonyl (C=O) groups excluding carboxylic acids is 1. The Morgan fingerprint density at radius 2 is 1.67 bits per heavy atom. The van der Waals surface area contributed by atoms with E-state index in [2.05, 4.69) is 5.32 Å². The zero-order valence-corrected chi connectivity index (χ0v) is 9.08. The number of nitrogens with one attached hydrogen (secondary N) is 1. The maximum Gasteiger partial charge on any atom is 0.258 e. The molecule has 1 amide bonds. The number of hydrogen-bond acceptors (Lipinski definition) is 1. The monoisotopic (exact) mass is 251 g/mol. The maximum atomic E-state index is 13.3. The fraction of sp³-hybridized carbons (Fsp3) is 0. The molecule has 92 valence electrons. The number of carbonyl (C=O) groups is 1. The van der Waals surface area contributed by atoms with Gasteiger partial charge in [-0.2, -0.15) is 0 Å². The van der Waals surface area contributed by atoms with Crippen LogP contribution in [0.15, 0.2) is 42.5 Å². The van der Waals surface area contributed by atoms with Crippen molar-refractivity contribution in [3.05, 3.63) is 65.5 Å². The Morgan fingerprint density at radius 1 is 0.944 bits per heavy atom. The summed E-state index contributed by atoms with van der Waals surface area (Å²) >= 11 is 0. The molecule has 0 bridgehead atoms. The Kier molecular flexibility index (Phi) is 3.32. The Hall–Kier alpha value is -2.30. The van der Waals surface area contributed by atoms with Crippen molar-refractivity contribution in [1.82, 2.24) is 0 Å². The third kappa shape index (κ3) is 2.51. The van der Waals surface area contributed by atoms with Crippen LogP contribution in [0.1, 0.15) is 10.4 Å². The topological polar surface area (TPSA) is 29.1 Å². The van der Waals surface area contributed by atoms with Gasteiger partial charge in [-0.3, -0.25) is 4.79 Å². The van der Waals surface area contributed by atoms with Crippen molar-refractivity contribution in [2.24, 2.45) is 0 Å². The highest BCUT2D eigenvalue weighted by Crippen LogP contribution is 2.17. The third-order valence-electron chi connectivity index (χ3n) is 2.30. The SMILES string of the molecule is O=C(Nc1cc(F)ccc1F)c1ccccc1F. The Balaban J connectivity index is 2.27. The third-order valence-corrected chi connectivity index (χ3v) is 2.30. The van der Waals surface area contributed by atoms with Crippen LogP contribution in [0.4, 0.5) is 18.9 Å². The highest BCUT2D eigenvalue weighted by atomic mass is 19.1. The molecule has 18 heavy (non-hydrogen) atoms. The number of anilines is 1. The van der Waals surface area contributed by atoms with Crippen LogP contribution in [0.2, 0.25) is 0 Å². The van der Waals surface area contributed by atoms with Crippen LogP contribution in [0, 0.1) is 17.5 Å². The molecule has 0 radical (unpaired) electrons. The van der Waals surface area contributed by atoms with Gasteiger partial charge in [0.05, 0.1) is 11.3 Å². The number of halogens is 3. The number of hydrogen-bond donors (Lipinski definition) is 1. The average Bonchev–Trinajstić information content (AvgIpc) is 2.34. The van der Waals surface area contributed by atoms with E-state index in [4.69, 9.17) is 0 Å². The number of rotatable bonds is 2. The van der Waals surface area contributed by atoms with Crippen molar-refractivity contribution in [2.45, 2.75) is 0 Å². The summed E-state index contributed by atoms with van der Waals surface area (Å²) in [7, 11) is 0. The first-order valence-corrected chi connectivity index (χ1v) is 5.09. The molecular weight excluding hydrogens is 243 g/mol. The molecule has 2 rings (SSSR count). The van der Waals surface area contributed by atoms with Crippen molar-refractivity contribution in [3.63, 3.8) is 0 Å². The molecule has 0 aliphatic carbocycles. The van der Waals surface area contributed by atoms with Crippen LogP contribution in [0.3, 0.4) is 0 Å². The molecular formula is C13H8F3NO. The van der Waals surface area contributed by atoms with E-state index in [0.717, 1.165) is 24.3 Å². The zero-order chi connectivity index (χ0) is 13.1. The van der Waals surface area contributed by atoms with Crippen molar-refractivity contribution < 1.29 is 18.0 Å². The predicted octanol–water partition coefficient (Wildman–Crippen LogP) is 3.36. The molecule has 2 aromatic carbocycles. The Morgan fingerprint density at radius 3 is 2.39 bits per heavy atom. The van der Waals surface area contributed by atoms with Crippen LogP contribution < -0.4 is 5.32 Å². The van der Waals surface area contributed by atoms with Crippen LogP contribution in [0.5, 0.6) is 0 Å². The lowest BCUT2D eigenvalue weighted by Crippen LogP contribution is -2.14. The average molecular weight is 251 g/mol. The second-order valence-electron chi connectivity index (χ2n) is 3.56. The maximum absolute atomic E-state index is 13.3. The highest BCUT2D eigenvalue weighted by molar-refractivity contribution is 6.04. The van der Waals surface area contributed by atoms with Gasteiger partial charge in [-0.15, -0.1) is 0 Å². The summed E-state index contributed by atoms with van der Waals surface area (Å²) in [5.41, 5.74) is -0.565. The summed E-state index contributed by atoms with van der Waals surface area (Å²) in [6.07, 6.45) is 0. The minimum Gasteiger partial charge on any atom is -0.319 e. The smallest absolute Gasteiger partial charge is 0.258 e. The molecule has 0 aromatic heterocycles. The van der Waals surface area contributed by atoms with Gasteiger partial charge in [0.15, 0.2) is 0 Å². The predicted molar refractivity (Wildman–Crippen MR) is 60.7 cm³/mol. The molecule has 0 saturated heterocycles. The van der Waals surface area contributed by atoms with Crippen LogP contribution >= 0.6 is 0 Å². The fourth-order valence-corrected chi connectivity index (χ4v) is 1.43. The normalized spacial score (nSPS) is 10.2. The van der Waals surface area contributed by atoms with E-state index in [1.165, 1.54) is 18.2 Å². The number of amides is 1. The van der Waals surface area contributed by atoms with E-state index in [0.29, 0.717) is 0 Å². The summed E-state index contributed by atoms with van der Waals surface area (Å²) in [5.74, 6) is -3.05. The molecule has 0 fully saturated rings. The van der Waals surface area contributed by atoms with Crippen molar-refractivity contribution in [1.29, 1.82) is 0 Å². The minimum atomic E-state index is -0.836. The van der Waals surface area contributed by atoms with Gasteiger partial charge in [-0.25, -0.2) is 13.2 Å². The van der Waals surface area contributed by atoms with Gasteiger partial charge in [0.1, 0.15) is 17.5 Å². The molecule has 2 nitrogen and oxygen atoms in total. The van der Waals surface area contributed by atoms with E-state index in [1.807, 2.05) is 0 Å². The summed E-state index contributed by atoms with van der Waals surface area (Å²) in [6.45, 7) is 0.